The third kappa shape index (κ3) is 3.29. The van der Waals surface area contributed by atoms with E-state index in [0.29, 0.717) is 18.1 Å². The normalized spacial score (nSPS) is 10.3. The fraction of sp³-hybridized carbons (Fsp3) is 0.133. The van der Waals surface area contributed by atoms with Crippen LogP contribution in [0.2, 0.25) is 5.02 Å². The number of benzene rings is 2. The van der Waals surface area contributed by atoms with Crippen molar-refractivity contribution < 1.29 is 9.90 Å². The van der Waals surface area contributed by atoms with Crippen molar-refractivity contribution in [2.24, 2.45) is 5.73 Å². The van der Waals surface area contributed by atoms with Crippen molar-refractivity contribution in [1.29, 1.82) is 0 Å². The predicted octanol–water partition coefficient (Wildman–Crippen LogP) is 2.43. The number of nitrogens with two attached hydrogens (primary N) is 1. The van der Waals surface area contributed by atoms with Crippen LogP contribution in [0, 0.1) is 0 Å². The molecule has 104 valence electrons. The standard InChI is InChI=1S/C15H15ClN2O2/c16-14-6-5-12(19)7-13(14)15(20)18-9-11-4-2-1-3-10(11)8-17/h1-7,19H,8-9,17H2,(H,18,20). The number of phenols is 1. The molecule has 0 heterocycles. The highest BCUT2D eigenvalue weighted by molar-refractivity contribution is 6.33. The summed E-state index contributed by atoms with van der Waals surface area (Å²) < 4.78 is 0. The predicted molar refractivity (Wildman–Crippen MR) is 78.6 cm³/mol. The monoisotopic (exact) mass is 290 g/mol. The Morgan fingerprint density at radius 3 is 2.60 bits per heavy atom. The highest BCUT2D eigenvalue weighted by Crippen LogP contribution is 2.21. The number of hydrogen-bond donors (Lipinski definition) is 3. The van der Waals surface area contributed by atoms with Gasteiger partial charge in [-0.05, 0) is 29.3 Å². The van der Waals surface area contributed by atoms with E-state index >= 15 is 0 Å². The summed E-state index contributed by atoms with van der Waals surface area (Å²) in [5.41, 5.74) is 7.83. The Morgan fingerprint density at radius 1 is 1.20 bits per heavy atom. The molecule has 0 saturated heterocycles. The van der Waals surface area contributed by atoms with E-state index in [1.807, 2.05) is 24.3 Å². The van der Waals surface area contributed by atoms with Crippen molar-refractivity contribution in [3.05, 3.63) is 64.2 Å². The lowest BCUT2D eigenvalue weighted by Crippen LogP contribution is -2.24. The minimum Gasteiger partial charge on any atom is -0.508 e. The van der Waals surface area contributed by atoms with E-state index in [4.69, 9.17) is 17.3 Å². The topological polar surface area (TPSA) is 75.3 Å². The highest BCUT2D eigenvalue weighted by Gasteiger charge is 2.11. The molecule has 0 radical (unpaired) electrons. The van der Waals surface area contributed by atoms with Gasteiger partial charge in [0, 0.05) is 13.1 Å². The molecule has 0 bridgehead atoms. The first-order valence-corrected chi connectivity index (χ1v) is 6.53. The van der Waals surface area contributed by atoms with Gasteiger partial charge in [0.05, 0.1) is 10.6 Å². The Labute approximate surface area is 122 Å². The van der Waals surface area contributed by atoms with Gasteiger partial charge in [-0.2, -0.15) is 0 Å². The molecule has 5 heteroatoms. The summed E-state index contributed by atoms with van der Waals surface area (Å²) in [6, 6.07) is 11.9. The van der Waals surface area contributed by atoms with Crippen molar-refractivity contribution in [3.8, 4) is 5.75 Å². The first-order valence-electron chi connectivity index (χ1n) is 6.15. The molecule has 0 spiro atoms. The number of rotatable bonds is 4. The van der Waals surface area contributed by atoms with Gasteiger partial charge in [-0.1, -0.05) is 35.9 Å². The number of aromatic hydroxyl groups is 1. The van der Waals surface area contributed by atoms with E-state index in [1.54, 1.807) is 0 Å². The van der Waals surface area contributed by atoms with Crippen molar-refractivity contribution >= 4 is 17.5 Å². The van der Waals surface area contributed by atoms with E-state index in [-0.39, 0.29) is 17.2 Å². The fourth-order valence-corrected chi connectivity index (χ4v) is 2.09. The number of carbonyl (C=O) groups is 1. The molecular weight excluding hydrogens is 276 g/mol. The lowest BCUT2D eigenvalue weighted by atomic mass is 10.1. The van der Waals surface area contributed by atoms with Crippen molar-refractivity contribution in [2.75, 3.05) is 0 Å². The molecule has 1 amide bonds. The Hall–Kier alpha value is -2.04. The second-order valence-corrected chi connectivity index (χ2v) is 4.73. The number of hydrogen-bond acceptors (Lipinski definition) is 3. The largest absolute Gasteiger partial charge is 0.508 e. The second-order valence-electron chi connectivity index (χ2n) is 4.32. The lowest BCUT2D eigenvalue weighted by Gasteiger charge is -2.10. The van der Waals surface area contributed by atoms with Crippen LogP contribution >= 0.6 is 11.6 Å². The van der Waals surface area contributed by atoms with Gasteiger partial charge in [0.2, 0.25) is 0 Å². The van der Waals surface area contributed by atoms with Crippen molar-refractivity contribution in [1.82, 2.24) is 5.32 Å². The van der Waals surface area contributed by atoms with Crippen LogP contribution in [0.25, 0.3) is 0 Å². The Bertz CT molecular complexity index is 629. The number of halogens is 1. The molecule has 0 aliphatic rings. The first-order chi connectivity index (χ1) is 9.61. The van der Waals surface area contributed by atoms with Gasteiger partial charge in [0.25, 0.3) is 5.91 Å². The van der Waals surface area contributed by atoms with E-state index < -0.39 is 0 Å². The van der Waals surface area contributed by atoms with E-state index in [9.17, 15) is 9.90 Å². The molecule has 0 aliphatic carbocycles. The molecule has 0 aromatic heterocycles. The average Bonchev–Trinajstić information content (AvgIpc) is 2.47. The minimum absolute atomic E-state index is 0.00177. The van der Waals surface area contributed by atoms with E-state index in [2.05, 4.69) is 5.32 Å². The van der Waals surface area contributed by atoms with Gasteiger partial charge in [-0.25, -0.2) is 0 Å². The molecule has 0 aliphatic heterocycles. The molecule has 2 rings (SSSR count). The van der Waals surface area contributed by atoms with Gasteiger partial charge in [-0.3, -0.25) is 4.79 Å². The van der Waals surface area contributed by atoms with Crippen molar-refractivity contribution in [2.45, 2.75) is 13.1 Å². The van der Waals surface area contributed by atoms with Gasteiger partial charge < -0.3 is 16.2 Å². The fourth-order valence-electron chi connectivity index (χ4n) is 1.89. The average molecular weight is 291 g/mol. The number of nitrogens with one attached hydrogen (secondary N) is 1. The van der Waals surface area contributed by atoms with Crippen molar-refractivity contribution in [3.63, 3.8) is 0 Å². The molecule has 4 nitrogen and oxygen atoms in total. The molecule has 0 atom stereocenters. The lowest BCUT2D eigenvalue weighted by molar-refractivity contribution is 0.0950. The molecule has 0 saturated carbocycles. The summed E-state index contributed by atoms with van der Waals surface area (Å²) in [6.45, 7) is 0.775. The van der Waals surface area contributed by atoms with Crippen LogP contribution in [0.15, 0.2) is 42.5 Å². The van der Waals surface area contributed by atoms with Crippen LogP contribution in [0.1, 0.15) is 21.5 Å². The molecule has 2 aromatic rings. The van der Waals surface area contributed by atoms with Crippen LogP contribution in [0.3, 0.4) is 0 Å². The van der Waals surface area contributed by atoms with Crippen LogP contribution < -0.4 is 11.1 Å². The molecule has 2 aromatic carbocycles. The maximum Gasteiger partial charge on any atom is 0.253 e. The van der Waals surface area contributed by atoms with Crippen LogP contribution in [-0.2, 0) is 13.1 Å². The SMILES string of the molecule is NCc1ccccc1CNC(=O)c1cc(O)ccc1Cl. The Balaban J connectivity index is 2.11. The quantitative estimate of drug-likeness (QED) is 0.809. The molecule has 0 fully saturated rings. The van der Waals surface area contributed by atoms with Gasteiger partial charge in [0.1, 0.15) is 5.75 Å². The molecular formula is C15H15ClN2O2. The molecule has 4 N–H and O–H groups in total. The first kappa shape index (κ1) is 14.4. The zero-order valence-electron chi connectivity index (χ0n) is 10.8. The van der Waals surface area contributed by atoms with Crippen LogP contribution in [0.5, 0.6) is 5.75 Å². The van der Waals surface area contributed by atoms with Gasteiger partial charge >= 0.3 is 0 Å². The third-order valence-electron chi connectivity index (χ3n) is 2.97. The summed E-state index contributed by atoms with van der Waals surface area (Å²) in [5, 5.41) is 12.5. The van der Waals surface area contributed by atoms with E-state index in [1.165, 1.54) is 18.2 Å². The molecule has 20 heavy (non-hydrogen) atoms. The Kier molecular flexibility index (Phi) is 4.61. The second kappa shape index (κ2) is 6.41. The molecule has 0 unspecified atom stereocenters. The zero-order valence-corrected chi connectivity index (χ0v) is 11.5. The Morgan fingerprint density at radius 2 is 1.90 bits per heavy atom. The summed E-state index contributed by atoms with van der Waals surface area (Å²) in [7, 11) is 0. The van der Waals surface area contributed by atoms with Crippen LogP contribution in [0.4, 0.5) is 0 Å². The number of phenolic OH excluding ortho intramolecular Hbond substituents is 1. The summed E-state index contributed by atoms with van der Waals surface area (Å²) in [5.74, 6) is -0.334. The van der Waals surface area contributed by atoms with Crippen LogP contribution in [-0.4, -0.2) is 11.0 Å². The number of amides is 1. The van der Waals surface area contributed by atoms with E-state index in [0.717, 1.165) is 11.1 Å². The maximum atomic E-state index is 12.1. The zero-order chi connectivity index (χ0) is 14.5. The summed E-state index contributed by atoms with van der Waals surface area (Å²) in [4.78, 5) is 12.1. The van der Waals surface area contributed by atoms with Gasteiger partial charge in [-0.15, -0.1) is 0 Å². The van der Waals surface area contributed by atoms with Gasteiger partial charge in [0.15, 0.2) is 0 Å². The highest BCUT2D eigenvalue weighted by atomic mass is 35.5. The smallest absolute Gasteiger partial charge is 0.253 e. The number of carbonyl (C=O) groups excluding carboxylic acids is 1. The summed E-state index contributed by atoms with van der Waals surface area (Å²) >= 11 is 5.94. The summed E-state index contributed by atoms with van der Waals surface area (Å²) in [6.07, 6.45) is 0. The maximum absolute atomic E-state index is 12.1. The minimum atomic E-state index is -0.335. The third-order valence-corrected chi connectivity index (χ3v) is 3.30.